The molecule has 1 amide bonds. The number of hydrogen-bond donors (Lipinski definition) is 6. The number of hydrogen-bond acceptors (Lipinski definition) is 8. The number of amides is 1. The quantitative estimate of drug-likeness (QED) is 0.0261. The number of allylic oxidation sites excluding steroid dienone is 9. The second kappa shape index (κ2) is 61.0. The highest BCUT2D eigenvalue weighted by atomic mass is 16.7. The van der Waals surface area contributed by atoms with Gasteiger partial charge in [-0.3, -0.25) is 4.79 Å². The zero-order valence-corrected chi connectivity index (χ0v) is 53.0. The summed E-state index contributed by atoms with van der Waals surface area (Å²) in [6, 6.07) is -0.807. The van der Waals surface area contributed by atoms with E-state index >= 15 is 0 Å². The van der Waals surface area contributed by atoms with Crippen molar-refractivity contribution >= 4 is 5.91 Å². The third-order valence-corrected chi connectivity index (χ3v) is 16.6. The fraction of sp³-hybridized carbons (Fsp3) is 0.847. The number of ether oxygens (including phenoxy) is 2. The normalized spacial score (nSPS) is 18.7. The minimum atomic E-state index is -1.57. The highest BCUT2D eigenvalue weighted by Gasteiger charge is 2.44. The maximum atomic E-state index is 13.1. The molecule has 0 aliphatic carbocycles. The summed E-state index contributed by atoms with van der Waals surface area (Å²) in [5.41, 5.74) is 0. The molecule has 1 rings (SSSR count). The molecule has 0 bridgehead atoms. The molecule has 0 aromatic rings. The zero-order chi connectivity index (χ0) is 58.6. The monoisotopic (exact) mass is 1140 g/mol. The number of aliphatic hydroxyl groups is 5. The van der Waals surface area contributed by atoms with Crippen LogP contribution in [0.15, 0.2) is 60.8 Å². The molecule has 0 aromatic heterocycles. The van der Waals surface area contributed by atoms with Crippen LogP contribution in [-0.2, 0) is 14.3 Å². The van der Waals surface area contributed by atoms with Gasteiger partial charge in [0.25, 0.3) is 0 Å². The lowest BCUT2D eigenvalue weighted by molar-refractivity contribution is -0.302. The Labute approximate surface area is 500 Å². The maximum absolute atomic E-state index is 13.1. The van der Waals surface area contributed by atoms with Crippen LogP contribution in [0.25, 0.3) is 0 Å². The van der Waals surface area contributed by atoms with Crippen molar-refractivity contribution in [1.82, 2.24) is 5.32 Å². The lowest BCUT2D eigenvalue weighted by atomic mass is 9.99. The lowest BCUT2D eigenvalue weighted by Gasteiger charge is -2.40. The van der Waals surface area contributed by atoms with Gasteiger partial charge in [-0.05, 0) is 57.8 Å². The molecule has 9 heteroatoms. The average Bonchev–Trinajstić information content (AvgIpc) is 3.47. The van der Waals surface area contributed by atoms with E-state index in [0.29, 0.717) is 6.42 Å². The van der Waals surface area contributed by atoms with E-state index in [1.165, 1.54) is 250 Å². The molecule has 0 aromatic carbocycles. The van der Waals surface area contributed by atoms with Crippen molar-refractivity contribution in [3.8, 4) is 0 Å². The minimum Gasteiger partial charge on any atom is -0.394 e. The molecule has 7 unspecified atom stereocenters. The van der Waals surface area contributed by atoms with Crippen molar-refractivity contribution in [3.63, 3.8) is 0 Å². The average molecular weight is 1140 g/mol. The number of unbranched alkanes of at least 4 members (excludes halogenated alkanes) is 43. The summed E-state index contributed by atoms with van der Waals surface area (Å²) in [5.74, 6) is -0.172. The molecule has 7 atom stereocenters. The molecule has 1 aliphatic heterocycles. The van der Waals surface area contributed by atoms with Crippen LogP contribution in [0.2, 0.25) is 0 Å². The van der Waals surface area contributed by atoms with Crippen LogP contribution in [0, 0.1) is 0 Å². The van der Waals surface area contributed by atoms with E-state index in [-0.39, 0.29) is 12.5 Å². The van der Waals surface area contributed by atoms with Crippen LogP contribution in [0.1, 0.15) is 335 Å². The molecule has 1 heterocycles. The predicted molar refractivity (Wildman–Crippen MR) is 346 cm³/mol. The van der Waals surface area contributed by atoms with Crippen molar-refractivity contribution in [2.45, 2.75) is 378 Å². The first-order chi connectivity index (χ1) is 39.8. The number of nitrogens with one attached hydrogen (secondary N) is 1. The van der Waals surface area contributed by atoms with Gasteiger partial charge in [0.05, 0.1) is 25.4 Å². The number of carbonyl (C=O) groups excluding carboxylic acids is 1. The van der Waals surface area contributed by atoms with E-state index in [1.54, 1.807) is 6.08 Å². The first-order valence-electron chi connectivity index (χ1n) is 35.0. The number of carbonyl (C=O) groups is 1. The Morgan fingerprint density at radius 1 is 0.432 bits per heavy atom. The van der Waals surface area contributed by atoms with Crippen LogP contribution in [0.5, 0.6) is 0 Å². The summed E-state index contributed by atoms with van der Waals surface area (Å²) in [6.07, 6.45) is 77.5. The Morgan fingerprint density at radius 2 is 0.765 bits per heavy atom. The fourth-order valence-electron chi connectivity index (χ4n) is 11.2. The van der Waals surface area contributed by atoms with E-state index in [1.807, 2.05) is 6.08 Å². The van der Waals surface area contributed by atoms with E-state index in [2.05, 4.69) is 67.8 Å². The van der Waals surface area contributed by atoms with Crippen LogP contribution >= 0.6 is 0 Å². The molecule has 81 heavy (non-hydrogen) atoms. The van der Waals surface area contributed by atoms with Crippen molar-refractivity contribution in [3.05, 3.63) is 60.8 Å². The predicted octanol–water partition coefficient (Wildman–Crippen LogP) is 19.0. The molecule has 6 N–H and O–H groups in total. The van der Waals surface area contributed by atoms with Gasteiger partial charge in [0.2, 0.25) is 5.91 Å². The molecule has 474 valence electrons. The number of rotatable bonds is 61. The molecule has 9 nitrogen and oxygen atoms in total. The minimum absolute atomic E-state index is 0.172. The molecule has 0 radical (unpaired) electrons. The van der Waals surface area contributed by atoms with Gasteiger partial charge in [-0.15, -0.1) is 0 Å². The Kier molecular flexibility index (Phi) is 57.9. The first-order valence-corrected chi connectivity index (χ1v) is 35.0. The third-order valence-electron chi connectivity index (χ3n) is 16.6. The second-order valence-electron chi connectivity index (χ2n) is 24.3. The highest BCUT2D eigenvalue weighted by molar-refractivity contribution is 5.76. The van der Waals surface area contributed by atoms with Gasteiger partial charge in [-0.2, -0.15) is 0 Å². The van der Waals surface area contributed by atoms with Gasteiger partial charge < -0.3 is 40.3 Å². The van der Waals surface area contributed by atoms with Crippen molar-refractivity contribution in [2.24, 2.45) is 0 Å². The third kappa shape index (κ3) is 49.8. The van der Waals surface area contributed by atoms with Crippen molar-refractivity contribution in [2.75, 3.05) is 13.2 Å². The van der Waals surface area contributed by atoms with Crippen LogP contribution < -0.4 is 5.32 Å². The summed E-state index contributed by atoms with van der Waals surface area (Å²) in [5, 5.41) is 54.8. The lowest BCUT2D eigenvalue weighted by Crippen LogP contribution is -2.60. The van der Waals surface area contributed by atoms with Crippen LogP contribution in [0.4, 0.5) is 0 Å². The summed E-state index contributed by atoms with van der Waals surface area (Å²) in [4.78, 5) is 13.1. The second-order valence-corrected chi connectivity index (χ2v) is 24.3. The van der Waals surface area contributed by atoms with E-state index in [9.17, 15) is 30.3 Å². The standard InChI is InChI=1S/C72H133NO8/c1-3-5-7-9-11-13-15-17-19-21-23-25-27-29-31-32-33-34-36-38-40-42-44-46-48-50-52-54-56-58-60-62-68(76)73-65(64-80-72-71(79)70(78)69(77)67(63-74)81-72)66(75)61-59-57-55-53-51-49-47-45-43-41-39-37-35-30-28-26-24-22-20-18-16-14-12-10-8-6-4-2/h5,7,11,13,17,19,23,25,59,61,65-67,69-72,74-75,77-79H,3-4,6,8-10,12,14-16,18,20-22,24,26-58,60,62-64H2,1-2H3,(H,73,76)/b7-5-,13-11-,19-17-,25-23-,61-59+. The molecule has 0 saturated carbocycles. The Hall–Kier alpha value is -2.11. The molecule has 1 saturated heterocycles. The molecular weight excluding hydrogens is 1010 g/mol. The summed E-state index contributed by atoms with van der Waals surface area (Å²) >= 11 is 0. The highest BCUT2D eigenvalue weighted by Crippen LogP contribution is 2.23. The van der Waals surface area contributed by atoms with E-state index < -0.39 is 49.5 Å². The maximum Gasteiger partial charge on any atom is 0.220 e. The van der Waals surface area contributed by atoms with Crippen molar-refractivity contribution in [1.29, 1.82) is 0 Å². The van der Waals surface area contributed by atoms with Crippen LogP contribution in [0.3, 0.4) is 0 Å². The Morgan fingerprint density at radius 3 is 1.14 bits per heavy atom. The topological polar surface area (TPSA) is 149 Å². The Balaban J connectivity index is 2.13. The molecular formula is C72H133NO8. The molecule has 1 fully saturated rings. The SMILES string of the molecule is CC/C=C\C/C=C\C/C=C\C/C=C\CCCCCCCCCCCCCCCCCCCCC(=O)NC(COC1OC(CO)C(O)C(O)C1O)C(O)/C=C/CCCCCCCCCCCCCCCCCCCCCCCCCCC. The van der Waals surface area contributed by atoms with Gasteiger partial charge in [0.1, 0.15) is 24.4 Å². The summed E-state index contributed by atoms with van der Waals surface area (Å²) < 4.78 is 11.3. The van der Waals surface area contributed by atoms with Gasteiger partial charge >= 0.3 is 0 Å². The van der Waals surface area contributed by atoms with Gasteiger partial charge in [0, 0.05) is 6.42 Å². The summed E-state index contributed by atoms with van der Waals surface area (Å²) in [7, 11) is 0. The molecule has 1 aliphatic rings. The van der Waals surface area contributed by atoms with Crippen LogP contribution in [-0.4, -0.2) is 87.5 Å². The molecule has 0 spiro atoms. The van der Waals surface area contributed by atoms with E-state index in [4.69, 9.17) is 9.47 Å². The van der Waals surface area contributed by atoms with Gasteiger partial charge in [0.15, 0.2) is 6.29 Å². The zero-order valence-electron chi connectivity index (χ0n) is 53.0. The smallest absolute Gasteiger partial charge is 0.220 e. The number of aliphatic hydroxyl groups excluding tert-OH is 5. The van der Waals surface area contributed by atoms with Crippen molar-refractivity contribution < 1.29 is 39.8 Å². The fourth-order valence-corrected chi connectivity index (χ4v) is 11.2. The first kappa shape index (κ1) is 76.9. The van der Waals surface area contributed by atoms with Gasteiger partial charge in [-0.25, -0.2) is 0 Å². The Bertz CT molecular complexity index is 1460. The largest absolute Gasteiger partial charge is 0.394 e. The summed E-state index contributed by atoms with van der Waals surface area (Å²) in [6.45, 7) is 3.71. The van der Waals surface area contributed by atoms with Gasteiger partial charge in [-0.1, -0.05) is 331 Å². The van der Waals surface area contributed by atoms with E-state index in [0.717, 1.165) is 64.2 Å².